The van der Waals surface area contributed by atoms with Crippen LogP contribution in [0.5, 0.6) is 0 Å². The lowest BCUT2D eigenvalue weighted by atomic mass is 10.1. The van der Waals surface area contributed by atoms with Gasteiger partial charge in [0.2, 0.25) is 0 Å². The molecule has 2 aliphatic rings. The highest BCUT2D eigenvalue weighted by molar-refractivity contribution is 7.99. The van der Waals surface area contributed by atoms with E-state index in [4.69, 9.17) is 4.74 Å². The maximum absolute atomic E-state index is 5.38. The number of nitrogens with one attached hydrogen (secondary N) is 1. The van der Waals surface area contributed by atoms with Gasteiger partial charge >= 0.3 is 0 Å². The van der Waals surface area contributed by atoms with Gasteiger partial charge in [-0.1, -0.05) is 0 Å². The van der Waals surface area contributed by atoms with Crippen molar-refractivity contribution in [3.63, 3.8) is 0 Å². The average molecular weight is 244 g/mol. The fourth-order valence-corrected chi connectivity index (χ4v) is 3.49. The second-order valence-corrected chi connectivity index (χ2v) is 5.97. The maximum Gasteiger partial charge on any atom is 0.0594 e. The summed E-state index contributed by atoms with van der Waals surface area (Å²) in [5.74, 6) is 2.66. The van der Waals surface area contributed by atoms with Crippen molar-refractivity contribution in [3.8, 4) is 0 Å². The molecular formula is C12H24N2OS. The van der Waals surface area contributed by atoms with Crippen molar-refractivity contribution >= 4 is 11.8 Å². The molecule has 3 nitrogen and oxygen atoms in total. The Bertz CT molecular complexity index is 191. The first-order chi connectivity index (χ1) is 7.86. The second-order valence-electron chi connectivity index (χ2n) is 4.82. The zero-order valence-electron chi connectivity index (χ0n) is 10.3. The van der Waals surface area contributed by atoms with Crippen LogP contribution in [-0.2, 0) is 4.74 Å². The number of thioether (sulfide) groups is 1. The lowest BCUT2D eigenvalue weighted by molar-refractivity contribution is 0.0200. The van der Waals surface area contributed by atoms with E-state index in [1.165, 1.54) is 24.3 Å². The minimum atomic E-state index is 0.649. The van der Waals surface area contributed by atoms with Crippen molar-refractivity contribution in [2.24, 2.45) is 0 Å². The molecule has 2 fully saturated rings. The molecule has 0 aromatic carbocycles. The Kier molecular flexibility index (Phi) is 5.42. The molecule has 4 heteroatoms. The first-order valence-electron chi connectivity index (χ1n) is 6.49. The van der Waals surface area contributed by atoms with E-state index in [-0.39, 0.29) is 0 Å². The highest BCUT2D eigenvalue weighted by Crippen LogP contribution is 2.17. The second kappa shape index (κ2) is 6.84. The molecule has 0 aromatic heterocycles. The average Bonchev–Trinajstić information content (AvgIpc) is 2.38. The van der Waals surface area contributed by atoms with Crippen LogP contribution in [0, 0.1) is 0 Å². The van der Waals surface area contributed by atoms with Crippen LogP contribution in [-0.4, -0.2) is 61.3 Å². The topological polar surface area (TPSA) is 24.5 Å². The van der Waals surface area contributed by atoms with E-state index in [0.717, 1.165) is 38.9 Å². The summed E-state index contributed by atoms with van der Waals surface area (Å²) in [5.41, 5.74) is 0. The van der Waals surface area contributed by atoms with Gasteiger partial charge in [0.15, 0.2) is 0 Å². The minimum Gasteiger partial charge on any atom is -0.379 e. The van der Waals surface area contributed by atoms with Crippen molar-refractivity contribution in [3.05, 3.63) is 0 Å². The molecule has 2 atom stereocenters. The quantitative estimate of drug-likeness (QED) is 0.803. The summed E-state index contributed by atoms with van der Waals surface area (Å²) in [7, 11) is 0. The molecule has 2 unspecified atom stereocenters. The van der Waals surface area contributed by atoms with Gasteiger partial charge in [-0.25, -0.2) is 0 Å². The van der Waals surface area contributed by atoms with Crippen LogP contribution in [0.2, 0.25) is 0 Å². The van der Waals surface area contributed by atoms with Crippen molar-refractivity contribution in [2.75, 3.05) is 44.4 Å². The van der Waals surface area contributed by atoms with Crippen molar-refractivity contribution in [1.29, 1.82) is 0 Å². The smallest absolute Gasteiger partial charge is 0.0594 e. The van der Waals surface area contributed by atoms with Crippen LogP contribution in [0.1, 0.15) is 19.8 Å². The monoisotopic (exact) mass is 244 g/mol. The van der Waals surface area contributed by atoms with Gasteiger partial charge < -0.3 is 10.1 Å². The first kappa shape index (κ1) is 12.7. The SMILES string of the molecule is CC(CNC1CCCSC1)N1CCOCC1. The van der Waals surface area contributed by atoms with Gasteiger partial charge in [-0.05, 0) is 25.5 Å². The lowest BCUT2D eigenvalue weighted by Crippen LogP contribution is -2.48. The lowest BCUT2D eigenvalue weighted by Gasteiger charge is -2.33. The fraction of sp³-hybridized carbons (Fsp3) is 1.00. The summed E-state index contributed by atoms with van der Waals surface area (Å²) in [4.78, 5) is 2.53. The molecule has 2 heterocycles. The summed E-state index contributed by atoms with van der Waals surface area (Å²) in [6, 6.07) is 1.40. The predicted molar refractivity (Wildman–Crippen MR) is 70.2 cm³/mol. The van der Waals surface area contributed by atoms with Gasteiger partial charge in [0.05, 0.1) is 13.2 Å². The highest BCUT2D eigenvalue weighted by Gasteiger charge is 2.19. The minimum absolute atomic E-state index is 0.649. The van der Waals surface area contributed by atoms with Crippen LogP contribution in [0.25, 0.3) is 0 Å². The number of morpholine rings is 1. The zero-order chi connectivity index (χ0) is 11.2. The van der Waals surface area contributed by atoms with Crippen molar-refractivity contribution < 1.29 is 4.74 Å². The Morgan fingerprint density at radius 3 is 2.94 bits per heavy atom. The van der Waals surface area contributed by atoms with Crippen LogP contribution in [0.4, 0.5) is 0 Å². The zero-order valence-corrected chi connectivity index (χ0v) is 11.1. The molecule has 0 amide bonds. The standard InChI is InChI=1S/C12H24N2OS/c1-11(14-4-6-15-7-5-14)9-13-12-3-2-8-16-10-12/h11-13H,2-10H2,1H3. The van der Waals surface area contributed by atoms with E-state index in [9.17, 15) is 0 Å². The molecule has 16 heavy (non-hydrogen) atoms. The van der Waals surface area contributed by atoms with Gasteiger partial charge in [-0.2, -0.15) is 11.8 Å². The third-order valence-electron chi connectivity index (χ3n) is 3.53. The number of hydrogen-bond acceptors (Lipinski definition) is 4. The summed E-state index contributed by atoms with van der Waals surface area (Å²) < 4.78 is 5.38. The molecular weight excluding hydrogens is 220 g/mol. The Labute approximate surface area is 103 Å². The van der Waals surface area contributed by atoms with Crippen molar-refractivity contribution in [1.82, 2.24) is 10.2 Å². The van der Waals surface area contributed by atoms with Gasteiger partial charge in [-0.3, -0.25) is 4.90 Å². The van der Waals surface area contributed by atoms with Gasteiger partial charge in [-0.15, -0.1) is 0 Å². The number of hydrogen-bond donors (Lipinski definition) is 1. The molecule has 0 bridgehead atoms. The number of rotatable bonds is 4. The van der Waals surface area contributed by atoms with Gasteiger partial charge in [0, 0.05) is 37.5 Å². The largest absolute Gasteiger partial charge is 0.379 e. The van der Waals surface area contributed by atoms with Crippen LogP contribution in [0.3, 0.4) is 0 Å². The van der Waals surface area contributed by atoms with Crippen molar-refractivity contribution in [2.45, 2.75) is 31.8 Å². The molecule has 2 aliphatic heterocycles. The van der Waals surface area contributed by atoms with E-state index < -0.39 is 0 Å². The summed E-state index contributed by atoms with van der Waals surface area (Å²) in [5, 5.41) is 3.72. The molecule has 94 valence electrons. The van der Waals surface area contributed by atoms with Crippen LogP contribution in [0.15, 0.2) is 0 Å². The molecule has 2 saturated heterocycles. The van der Waals surface area contributed by atoms with E-state index in [0.29, 0.717) is 6.04 Å². The predicted octanol–water partition coefficient (Wildman–Crippen LogP) is 1.19. The molecule has 0 spiro atoms. The summed E-state index contributed by atoms with van der Waals surface area (Å²) in [6.07, 6.45) is 2.75. The Balaban J connectivity index is 1.63. The highest BCUT2D eigenvalue weighted by atomic mass is 32.2. The van der Waals surface area contributed by atoms with E-state index in [1.807, 2.05) is 0 Å². The summed E-state index contributed by atoms with van der Waals surface area (Å²) in [6.45, 7) is 7.47. The normalized spacial score (nSPS) is 30.2. The number of ether oxygens (including phenoxy) is 1. The number of nitrogens with zero attached hydrogens (tertiary/aromatic N) is 1. The van der Waals surface area contributed by atoms with Gasteiger partial charge in [0.1, 0.15) is 0 Å². The van der Waals surface area contributed by atoms with E-state index >= 15 is 0 Å². The summed E-state index contributed by atoms with van der Waals surface area (Å²) >= 11 is 2.09. The third kappa shape index (κ3) is 3.91. The Morgan fingerprint density at radius 2 is 2.25 bits per heavy atom. The molecule has 0 aromatic rings. The third-order valence-corrected chi connectivity index (χ3v) is 4.75. The molecule has 1 N–H and O–H groups in total. The Morgan fingerprint density at radius 1 is 1.44 bits per heavy atom. The molecule has 0 radical (unpaired) electrons. The van der Waals surface area contributed by atoms with Crippen LogP contribution < -0.4 is 5.32 Å². The fourth-order valence-electron chi connectivity index (χ4n) is 2.39. The van der Waals surface area contributed by atoms with Gasteiger partial charge in [0.25, 0.3) is 0 Å². The van der Waals surface area contributed by atoms with E-state index in [1.54, 1.807) is 0 Å². The molecule has 0 aliphatic carbocycles. The van der Waals surface area contributed by atoms with E-state index in [2.05, 4.69) is 28.9 Å². The Hall–Kier alpha value is 0.230. The molecule has 0 saturated carbocycles. The first-order valence-corrected chi connectivity index (χ1v) is 7.64. The van der Waals surface area contributed by atoms with Crippen LogP contribution >= 0.6 is 11.8 Å². The maximum atomic E-state index is 5.38. The molecule has 2 rings (SSSR count).